The third-order valence-corrected chi connectivity index (χ3v) is 3.96. The molecule has 1 amide bonds. The Balaban J connectivity index is 4.51. The molecule has 1 unspecified atom stereocenters. The van der Waals surface area contributed by atoms with E-state index < -0.39 is 10.1 Å². The summed E-state index contributed by atoms with van der Waals surface area (Å²) in [4.78, 5) is 11.4. The lowest BCUT2D eigenvalue weighted by atomic mass is 10.0. The molecule has 1 atom stereocenters. The van der Waals surface area contributed by atoms with Crippen molar-refractivity contribution in [1.29, 1.82) is 0 Å². The van der Waals surface area contributed by atoms with E-state index in [1.807, 2.05) is 27.9 Å². The minimum Gasteiger partial charge on any atom is -0.748 e. The Morgan fingerprint density at radius 2 is 1.95 bits per heavy atom. The fourth-order valence-electron chi connectivity index (χ4n) is 1.96. The van der Waals surface area contributed by atoms with Gasteiger partial charge in [0.1, 0.15) is 0 Å². The van der Waals surface area contributed by atoms with E-state index in [1.165, 1.54) is 6.08 Å². The van der Waals surface area contributed by atoms with Crippen molar-refractivity contribution in [3.05, 3.63) is 12.7 Å². The molecule has 0 rings (SSSR count). The number of quaternary nitrogens is 1. The van der Waals surface area contributed by atoms with E-state index in [9.17, 15) is 17.8 Å². The normalized spacial score (nSPS) is 14.1. The van der Waals surface area contributed by atoms with Crippen molar-refractivity contribution in [2.75, 3.05) is 32.9 Å². The number of carbonyl (C=O) groups is 1. The Labute approximate surface area is 122 Å². The second-order valence-electron chi connectivity index (χ2n) is 6.02. The molecule has 0 aromatic carbocycles. The molecule has 0 saturated heterocycles. The van der Waals surface area contributed by atoms with Crippen LogP contribution in [0, 0.1) is 5.92 Å². The first-order valence-corrected chi connectivity index (χ1v) is 8.23. The largest absolute Gasteiger partial charge is 0.748 e. The van der Waals surface area contributed by atoms with Crippen molar-refractivity contribution in [3.8, 4) is 0 Å². The quantitative estimate of drug-likeness (QED) is 0.378. The second kappa shape index (κ2) is 7.75. The molecule has 1 N–H and O–H groups in total. The lowest BCUT2D eigenvalue weighted by Crippen LogP contribution is -2.53. The number of carbonyl (C=O) groups excluding carboxylic acids is 1. The zero-order valence-corrected chi connectivity index (χ0v) is 13.6. The maximum absolute atomic E-state index is 11.4. The van der Waals surface area contributed by atoms with Gasteiger partial charge in [0.15, 0.2) is 0 Å². The first-order valence-electron chi connectivity index (χ1n) is 6.65. The van der Waals surface area contributed by atoms with Gasteiger partial charge in [0.25, 0.3) is 0 Å². The van der Waals surface area contributed by atoms with Crippen LogP contribution in [0.1, 0.15) is 20.3 Å². The van der Waals surface area contributed by atoms with Crippen molar-refractivity contribution in [2.45, 2.75) is 26.3 Å². The van der Waals surface area contributed by atoms with Gasteiger partial charge in [0, 0.05) is 12.2 Å². The van der Waals surface area contributed by atoms with Gasteiger partial charge >= 0.3 is 0 Å². The summed E-state index contributed by atoms with van der Waals surface area (Å²) in [6, 6.07) is -0.0284. The van der Waals surface area contributed by atoms with Crippen LogP contribution in [0.4, 0.5) is 0 Å². The number of hydrogen-bond acceptors (Lipinski definition) is 4. The summed E-state index contributed by atoms with van der Waals surface area (Å²) < 4.78 is 32.3. The number of rotatable bonds is 9. The van der Waals surface area contributed by atoms with Crippen molar-refractivity contribution < 1.29 is 22.2 Å². The highest BCUT2D eigenvalue weighted by atomic mass is 32.2. The molecule has 7 heteroatoms. The first-order chi connectivity index (χ1) is 8.97. The Morgan fingerprint density at radius 1 is 1.40 bits per heavy atom. The molecular formula is C13H26N2O4S. The minimum absolute atomic E-state index is 0.0284. The van der Waals surface area contributed by atoms with Gasteiger partial charge in [-0.3, -0.25) is 4.79 Å². The highest BCUT2D eigenvalue weighted by Gasteiger charge is 2.25. The van der Waals surface area contributed by atoms with Gasteiger partial charge < -0.3 is 14.4 Å². The fraction of sp³-hybridized carbons (Fsp3) is 0.769. The van der Waals surface area contributed by atoms with E-state index in [-0.39, 0.29) is 23.6 Å². The number of hydrogen-bond donors (Lipinski definition) is 1. The first kappa shape index (κ1) is 19.1. The molecule has 0 aliphatic heterocycles. The van der Waals surface area contributed by atoms with Gasteiger partial charge in [0.2, 0.25) is 5.91 Å². The average molecular weight is 306 g/mol. The molecular weight excluding hydrogens is 280 g/mol. The monoisotopic (exact) mass is 306 g/mol. The van der Waals surface area contributed by atoms with Crippen molar-refractivity contribution in [3.63, 3.8) is 0 Å². The van der Waals surface area contributed by atoms with Crippen LogP contribution in [0.25, 0.3) is 0 Å². The van der Waals surface area contributed by atoms with E-state index in [0.717, 1.165) is 0 Å². The third-order valence-electron chi connectivity index (χ3n) is 3.17. The SMILES string of the molecule is C=CC(=O)NC(C[N+](C)(C)CCCS(=O)(=O)[O-])C(C)C. The highest BCUT2D eigenvalue weighted by molar-refractivity contribution is 7.85. The molecule has 20 heavy (non-hydrogen) atoms. The van der Waals surface area contributed by atoms with Gasteiger partial charge in [-0.2, -0.15) is 0 Å². The maximum atomic E-state index is 11.4. The predicted molar refractivity (Wildman–Crippen MR) is 78.0 cm³/mol. The van der Waals surface area contributed by atoms with Crippen molar-refractivity contribution in [1.82, 2.24) is 5.32 Å². The summed E-state index contributed by atoms with van der Waals surface area (Å²) in [5, 5.41) is 2.88. The van der Waals surface area contributed by atoms with Crippen molar-refractivity contribution in [2.24, 2.45) is 5.92 Å². The summed E-state index contributed by atoms with van der Waals surface area (Å²) in [7, 11) is -0.255. The Bertz CT molecular complexity index is 430. The summed E-state index contributed by atoms with van der Waals surface area (Å²) in [6.45, 7) is 8.67. The van der Waals surface area contributed by atoms with Crippen LogP contribution >= 0.6 is 0 Å². The van der Waals surface area contributed by atoms with Crippen LogP contribution in [0.15, 0.2) is 12.7 Å². The zero-order valence-electron chi connectivity index (χ0n) is 12.8. The standard InChI is InChI=1S/C13H26N2O4S/c1-6-13(16)14-12(11(2)3)10-15(4,5)8-7-9-20(17,18)19/h6,11-12H,1,7-10H2,2-5H3,(H-,14,16,17,18,19). The Morgan fingerprint density at radius 3 is 2.35 bits per heavy atom. The maximum Gasteiger partial charge on any atom is 0.243 e. The molecule has 0 bridgehead atoms. The highest BCUT2D eigenvalue weighted by Crippen LogP contribution is 2.09. The Kier molecular flexibility index (Phi) is 7.40. The predicted octanol–water partition coefficient (Wildman–Crippen LogP) is 0.325. The van der Waals surface area contributed by atoms with Gasteiger partial charge in [-0.25, -0.2) is 8.42 Å². The molecule has 118 valence electrons. The molecule has 6 nitrogen and oxygen atoms in total. The smallest absolute Gasteiger partial charge is 0.243 e. The molecule has 0 heterocycles. The van der Waals surface area contributed by atoms with Crippen LogP contribution in [0.5, 0.6) is 0 Å². The molecule has 0 aliphatic rings. The van der Waals surface area contributed by atoms with Crippen LogP contribution in [0.2, 0.25) is 0 Å². The number of nitrogens with one attached hydrogen (secondary N) is 1. The molecule has 0 aliphatic carbocycles. The fourth-order valence-corrected chi connectivity index (χ4v) is 2.44. The van der Waals surface area contributed by atoms with Crippen LogP contribution in [-0.2, 0) is 14.9 Å². The van der Waals surface area contributed by atoms with Crippen molar-refractivity contribution >= 4 is 16.0 Å². The molecule has 0 spiro atoms. The number of amides is 1. The van der Waals surface area contributed by atoms with E-state index in [2.05, 4.69) is 11.9 Å². The Hall–Kier alpha value is -0.920. The van der Waals surface area contributed by atoms with E-state index in [0.29, 0.717) is 24.0 Å². The third kappa shape index (κ3) is 9.06. The molecule has 0 aromatic rings. The van der Waals surface area contributed by atoms with E-state index >= 15 is 0 Å². The molecule has 0 fully saturated rings. The summed E-state index contributed by atoms with van der Waals surface area (Å²) in [5.41, 5.74) is 0. The van der Waals surface area contributed by atoms with E-state index in [4.69, 9.17) is 0 Å². The van der Waals surface area contributed by atoms with Crippen LogP contribution in [-0.4, -0.2) is 62.3 Å². The average Bonchev–Trinajstić information content (AvgIpc) is 2.25. The number of likely N-dealkylation sites (N-methyl/N-ethyl adjacent to an activating group) is 1. The number of nitrogens with zero attached hydrogens (tertiary/aromatic N) is 1. The van der Waals surface area contributed by atoms with E-state index in [1.54, 1.807) is 0 Å². The lowest BCUT2D eigenvalue weighted by Gasteiger charge is -2.35. The van der Waals surface area contributed by atoms with Gasteiger partial charge in [-0.15, -0.1) is 0 Å². The minimum atomic E-state index is -4.16. The van der Waals surface area contributed by atoms with Gasteiger partial charge in [0.05, 0.1) is 43.3 Å². The molecule has 0 radical (unpaired) electrons. The topological polar surface area (TPSA) is 86.3 Å². The summed E-state index contributed by atoms with van der Waals surface area (Å²) in [6.07, 6.45) is 1.55. The second-order valence-corrected chi connectivity index (χ2v) is 7.54. The van der Waals surface area contributed by atoms with Crippen LogP contribution in [0.3, 0.4) is 0 Å². The summed E-state index contributed by atoms with van der Waals surface area (Å²) >= 11 is 0. The summed E-state index contributed by atoms with van der Waals surface area (Å²) in [5.74, 6) is -0.314. The lowest BCUT2D eigenvalue weighted by molar-refractivity contribution is -0.891. The molecule has 0 saturated carbocycles. The molecule has 0 aromatic heterocycles. The van der Waals surface area contributed by atoms with Crippen LogP contribution < -0.4 is 5.32 Å². The van der Waals surface area contributed by atoms with Gasteiger partial charge in [-0.05, 0) is 12.0 Å². The van der Waals surface area contributed by atoms with Gasteiger partial charge in [-0.1, -0.05) is 20.4 Å². The zero-order chi connectivity index (χ0) is 16.0.